The van der Waals surface area contributed by atoms with Gasteiger partial charge in [-0.3, -0.25) is 9.80 Å². The van der Waals surface area contributed by atoms with Crippen LogP contribution in [0.15, 0.2) is 150 Å². The normalized spacial score (nSPS) is 18.1. The summed E-state index contributed by atoms with van der Waals surface area (Å²) in [6.07, 6.45) is 2.18. The van der Waals surface area contributed by atoms with Gasteiger partial charge in [-0.2, -0.15) is 0 Å². The number of hydrogen-bond donors (Lipinski definition) is 1. The molecule has 17 heteroatoms. The lowest BCUT2D eigenvalue weighted by molar-refractivity contribution is 0.0509. The molecule has 4 heterocycles. The van der Waals surface area contributed by atoms with Crippen molar-refractivity contribution in [1.82, 2.24) is 9.80 Å². The quantitative estimate of drug-likeness (QED) is 0.0812. The zero-order chi connectivity index (χ0) is 51.3. The summed E-state index contributed by atoms with van der Waals surface area (Å²) in [5.41, 5.74) is 4.07. The van der Waals surface area contributed by atoms with Crippen molar-refractivity contribution in [2.75, 3.05) is 87.7 Å². The Morgan fingerprint density at radius 2 is 0.875 bits per heavy atom. The second kappa shape index (κ2) is 29.8. The van der Waals surface area contributed by atoms with Crippen molar-refractivity contribution in [3.05, 3.63) is 140 Å². The molecule has 2 saturated heterocycles. The molecule has 5 aromatic rings. The maximum atomic E-state index is 9.10. The highest BCUT2D eigenvalue weighted by Gasteiger charge is 2.28. The summed E-state index contributed by atoms with van der Waals surface area (Å²) in [4.78, 5) is 20.5. The number of hydrogen-bond acceptors (Lipinski definition) is 11. The van der Waals surface area contributed by atoms with E-state index in [0.29, 0.717) is 5.88 Å². The summed E-state index contributed by atoms with van der Waals surface area (Å²) in [5, 5.41) is 21.2. The molecule has 0 saturated carbocycles. The highest BCUT2D eigenvalue weighted by Crippen LogP contribution is 2.34. The van der Waals surface area contributed by atoms with E-state index in [1.165, 1.54) is 27.3 Å². The molecule has 0 aliphatic carbocycles. The molecule has 388 valence electrons. The first-order valence-corrected chi connectivity index (χ1v) is 27.9. The predicted molar refractivity (Wildman–Crippen MR) is 305 cm³/mol. The Labute approximate surface area is 453 Å². The van der Waals surface area contributed by atoms with Crippen LogP contribution < -0.4 is 35.2 Å². The number of anilines is 2. The van der Waals surface area contributed by atoms with Crippen LogP contribution >= 0.6 is 65.9 Å². The van der Waals surface area contributed by atoms with Gasteiger partial charge in [0, 0.05) is 78.3 Å². The first-order valence-electron chi connectivity index (χ1n) is 24.5. The average molecular weight is 1100 g/mol. The molecule has 4 aliphatic rings. The van der Waals surface area contributed by atoms with Crippen molar-refractivity contribution in [2.45, 2.75) is 68.2 Å². The number of ether oxygens (including phenoxy) is 2. The monoisotopic (exact) mass is 1100 g/mol. The van der Waals surface area contributed by atoms with Gasteiger partial charge in [0.1, 0.15) is 23.7 Å². The van der Waals surface area contributed by atoms with Gasteiger partial charge in [0.2, 0.25) is 0 Å². The van der Waals surface area contributed by atoms with Gasteiger partial charge in [-0.1, -0.05) is 172 Å². The molecule has 0 radical (unpaired) electrons. The van der Waals surface area contributed by atoms with Crippen LogP contribution in [0.5, 0.6) is 11.5 Å². The third-order valence-electron chi connectivity index (χ3n) is 11.8. The van der Waals surface area contributed by atoms with E-state index in [0.717, 1.165) is 101 Å². The SMILES string of the molecule is CC(C)Oc1ccccc1N1CCN(CC2CC(CCl)=NO2)CC1.CC(C)Oc1ccccc1N1CCN(CC2CC(CO)=NO2)CC1.ClC(Cl)(Cl)Cl.c1ccc(P(c2ccccc2)c2ccccc2)cc1. The van der Waals surface area contributed by atoms with Crippen molar-refractivity contribution in [2.24, 2.45) is 10.3 Å². The Morgan fingerprint density at radius 3 is 1.19 bits per heavy atom. The molecular formula is C55H68Cl5N6O5P. The zero-order valence-electron chi connectivity index (χ0n) is 41.6. The van der Waals surface area contributed by atoms with Gasteiger partial charge in [0.15, 0.2) is 0 Å². The predicted octanol–water partition coefficient (Wildman–Crippen LogP) is 10.7. The molecule has 0 spiro atoms. The molecule has 1 N–H and O–H groups in total. The lowest BCUT2D eigenvalue weighted by atomic mass is 10.1. The molecule has 2 fully saturated rings. The first-order chi connectivity index (χ1) is 34.8. The Bertz CT molecular complexity index is 2190. The highest BCUT2D eigenvalue weighted by molar-refractivity contribution is 7.79. The van der Waals surface area contributed by atoms with E-state index < -0.39 is 11.2 Å². The molecular weight excluding hydrogens is 1030 g/mol. The molecule has 2 unspecified atom stereocenters. The number of aliphatic hydroxyl groups is 1. The summed E-state index contributed by atoms with van der Waals surface area (Å²) in [5.74, 6) is 2.40. The lowest BCUT2D eigenvalue weighted by Gasteiger charge is -2.37. The van der Waals surface area contributed by atoms with Crippen LogP contribution in [0.25, 0.3) is 0 Å². The van der Waals surface area contributed by atoms with Crippen molar-refractivity contribution >= 4 is 105 Å². The number of alkyl halides is 5. The fourth-order valence-electron chi connectivity index (χ4n) is 8.58. The zero-order valence-corrected chi connectivity index (χ0v) is 46.3. The molecule has 11 nitrogen and oxygen atoms in total. The minimum Gasteiger partial charge on any atom is -0.489 e. The Kier molecular flexibility index (Phi) is 23.7. The summed E-state index contributed by atoms with van der Waals surface area (Å²) in [6.45, 7) is 18.0. The smallest absolute Gasteiger partial charge is 0.266 e. The van der Waals surface area contributed by atoms with E-state index >= 15 is 0 Å². The summed E-state index contributed by atoms with van der Waals surface area (Å²) in [6, 6.07) is 48.9. The lowest BCUT2D eigenvalue weighted by Crippen LogP contribution is -2.48. The second-order valence-electron chi connectivity index (χ2n) is 18.1. The van der Waals surface area contributed by atoms with Gasteiger partial charge in [-0.05, 0) is 75.8 Å². The second-order valence-corrected chi connectivity index (χ2v) is 24.0. The van der Waals surface area contributed by atoms with Crippen LogP contribution in [0.1, 0.15) is 40.5 Å². The van der Waals surface area contributed by atoms with E-state index in [9.17, 15) is 0 Å². The fraction of sp³-hybridized carbons (Fsp3) is 0.418. The standard InChI is InChI=1S/C18H26ClN3O2.C18H27N3O3.C18H15P.CCl4/c1-14(2)23-18-6-4-3-5-17(18)22-9-7-21(8-10-22)13-16-11-15(12-19)20-24-16;1-14(2)23-18-6-4-3-5-17(18)21-9-7-20(8-10-21)12-16-11-15(13-22)19-24-16;1-4-10-16(11-5-1)19(17-12-6-2-7-13-17)18-14-8-3-9-15-18;2-1(3,4)5/h3-6,14,16H,7-13H2,1-2H3;3-6,14,16,22H,7-13H2,1-2H3;1-15H;. The van der Waals surface area contributed by atoms with Gasteiger partial charge in [0.25, 0.3) is 3.25 Å². The van der Waals surface area contributed by atoms with Gasteiger partial charge in [0.05, 0.1) is 47.5 Å². The largest absolute Gasteiger partial charge is 0.489 e. The molecule has 0 aromatic heterocycles. The van der Waals surface area contributed by atoms with Crippen molar-refractivity contribution < 1.29 is 24.3 Å². The molecule has 5 aromatic carbocycles. The molecule has 72 heavy (non-hydrogen) atoms. The van der Waals surface area contributed by atoms with Crippen LogP contribution in [0.2, 0.25) is 0 Å². The Morgan fingerprint density at radius 1 is 0.542 bits per heavy atom. The van der Waals surface area contributed by atoms with Crippen LogP contribution in [0, 0.1) is 0 Å². The van der Waals surface area contributed by atoms with Crippen molar-refractivity contribution in [3.63, 3.8) is 0 Å². The minimum absolute atomic E-state index is 0.00306. The van der Waals surface area contributed by atoms with Gasteiger partial charge in [-0.15, -0.1) is 11.6 Å². The molecule has 0 bridgehead atoms. The fourth-order valence-corrected chi connectivity index (χ4v) is 11.0. The Hall–Kier alpha value is -4.00. The van der Waals surface area contributed by atoms with Crippen LogP contribution in [0.4, 0.5) is 11.4 Å². The third-order valence-corrected chi connectivity index (χ3v) is 14.5. The topological polar surface area (TPSA) is 94.8 Å². The van der Waals surface area contributed by atoms with E-state index in [4.69, 9.17) is 82.3 Å². The van der Waals surface area contributed by atoms with Crippen LogP contribution in [0.3, 0.4) is 0 Å². The van der Waals surface area contributed by atoms with Gasteiger partial charge in [-0.25, -0.2) is 0 Å². The van der Waals surface area contributed by atoms with E-state index in [2.05, 4.69) is 179 Å². The maximum Gasteiger partial charge on any atom is 0.266 e. The number of aliphatic hydroxyl groups excluding tert-OH is 1. The number of halogens is 5. The minimum atomic E-state index is -1.61. The van der Waals surface area contributed by atoms with Crippen molar-refractivity contribution in [1.29, 1.82) is 0 Å². The van der Waals surface area contributed by atoms with E-state index in [1.807, 2.05) is 18.2 Å². The summed E-state index contributed by atoms with van der Waals surface area (Å²) < 4.78 is 10.3. The van der Waals surface area contributed by atoms with Crippen LogP contribution in [-0.4, -0.2) is 132 Å². The molecule has 0 amide bonds. The van der Waals surface area contributed by atoms with Gasteiger partial charge < -0.3 is 34.1 Å². The van der Waals surface area contributed by atoms with E-state index in [-0.39, 0.29) is 31.0 Å². The molecule has 9 rings (SSSR count). The third kappa shape index (κ3) is 19.4. The number of para-hydroxylation sites is 4. The Balaban J connectivity index is 0.000000169. The first kappa shape index (κ1) is 57.3. The number of benzene rings is 5. The highest BCUT2D eigenvalue weighted by atomic mass is 35.6. The number of oxime groups is 2. The van der Waals surface area contributed by atoms with E-state index in [1.54, 1.807) is 0 Å². The summed E-state index contributed by atoms with van der Waals surface area (Å²) in [7, 11) is -0.446. The number of nitrogens with zero attached hydrogens (tertiary/aromatic N) is 6. The molecule has 2 atom stereocenters. The van der Waals surface area contributed by atoms with Gasteiger partial charge >= 0.3 is 0 Å². The summed E-state index contributed by atoms with van der Waals surface area (Å²) >= 11 is 25.1. The average Bonchev–Trinajstić information content (AvgIpc) is 4.05. The maximum absolute atomic E-state index is 9.10. The van der Waals surface area contributed by atoms with Crippen molar-refractivity contribution in [3.8, 4) is 11.5 Å². The number of piperazine rings is 2. The van der Waals surface area contributed by atoms with Crippen LogP contribution in [-0.2, 0) is 9.68 Å². The molecule has 4 aliphatic heterocycles. The number of rotatable bonds is 15.